The molecule has 1 fully saturated rings. The molecule has 3 rings (SSSR count). The Balaban J connectivity index is 2.06. The van der Waals surface area contributed by atoms with Crippen LogP contribution in [0, 0.1) is 5.41 Å². The van der Waals surface area contributed by atoms with Crippen molar-refractivity contribution in [3.63, 3.8) is 0 Å². The van der Waals surface area contributed by atoms with Crippen LogP contribution in [0.1, 0.15) is 49.4 Å². The molecule has 4 nitrogen and oxygen atoms in total. The highest BCUT2D eigenvalue weighted by Crippen LogP contribution is 2.40. The van der Waals surface area contributed by atoms with Gasteiger partial charge in [0.15, 0.2) is 5.78 Å². The Morgan fingerprint density at radius 1 is 1.15 bits per heavy atom. The Labute approximate surface area is 125 Å². The van der Waals surface area contributed by atoms with E-state index in [1.54, 1.807) is 12.1 Å². The van der Waals surface area contributed by atoms with Crippen molar-refractivity contribution in [2.45, 2.75) is 39.0 Å². The van der Waals surface area contributed by atoms with E-state index in [0.717, 1.165) is 30.2 Å². The minimum Gasteiger partial charge on any atom is -0.306 e. The maximum absolute atomic E-state index is 12.9. The van der Waals surface area contributed by atoms with E-state index in [9.17, 15) is 9.59 Å². The first-order valence-corrected chi connectivity index (χ1v) is 7.75. The maximum atomic E-state index is 12.9. The number of H-pyrrole nitrogens is 2. The van der Waals surface area contributed by atoms with Crippen LogP contribution in [0.5, 0.6) is 0 Å². The summed E-state index contributed by atoms with van der Waals surface area (Å²) in [6.07, 6.45) is 5.33. The number of fused-ring (bicyclic) bond motifs is 1. The lowest BCUT2D eigenvalue weighted by Gasteiger charge is -2.32. The molecular weight excluding hydrogens is 320 g/mol. The van der Waals surface area contributed by atoms with Gasteiger partial charge in [-0.05, 0) is 40.9 Å². The average Bonchev–Trinajstić information content (AvgIpc) is 2.77. The highest BCUT2D eigenvalue weighted by atomic mass is 79.9. The van der Waals surface area contributed by atoms with Crippen molar-refractivity contribution in [2.75, 3.05) is 0 Å². The maximum Gasteiger partial charge on any atom is 0.323 e. The largest absolute Gasteiger partial charge is 0.323 e. The summed E-state index contributed by atoms with van der Waals surface area (Å²) in [5.41, 5.74) is 1.54. The number of hydrogen-bond acceptors (Lipinski definition) is 2. The number of aromatic amines is 2. The van der Waals surface area contributed by atoms with Gasteiger partial charge in [0.05, 0.1) is 11.0 Å². The second-order valence-corrected chi connectivity index (χ2v) is 6.76. The zero-order valence-electron chi connectivity index (χ0n) is 11.4. The normalized spacial score (nSPS) is 18.3. The summed E-state index contributed by atoms with van der Waals surface area (Å²) in [6.45, 7) is 2.06. The zero-order chi connectivity index (χ0) is 14.3. The predicted molar refractivity (Wildman–Crippen MR) is 82.1 cm³/mol. The van der Waals surface area contributed by atoms with Gasteiger partial charge in [-0.3, -0.25) is 4.79 Å². The summed E-state index contributed by atoms with van der Waals surface area (Å²) in [7, 11) is 0. The molecule has 1 aromatic carbocycles. The first-order valence-electron chi connectivity index (χ1n) is 6.96. The van der Waals surface area contributed by atoms with Gasteiger partial charge in [-0.1, -0.05) is 26.2 Å². The number of imidazole rings is 1. The number of nitrogens with one attached hydrogen (secondary N) is 2. The second-order valence-electron chi connectivity index (χ2n) is 5.91. The van der Waals surface area contributed by atoms with Crippen LogP contribution in [-0.2, 0) is 0 Å². The first kappa shape index (κ1) is 13.6. The van der Waals surface area contributed by atoms with Crippen molar-refractivity contribution >= 4 is 32.7 Å². The molecule has 1 saturated carbocycles. The molecule has 0 atom stereocenters. The van der Waals surface area contributed by atoms with Crippen molar-refractivity contribution < 1.29 is 4.79 Å². The highest BCUT2D eigenvalue weighted by Gasteiger charge is 2.36. The summed E-state index contributed by atoms with van der Waals surface area (Å²) in [5, 5.41) is 0. The Kier molecular flexibility index (Phi) is 3.32. The molecule has 20 heavy (non-hydrogen) atoms. The summed E-state index contributed by atoms with van der Waals surface area (Å²) in [4.78, 5) is 29.6. The summed E-state index contributed by atoms with van der Waals surface area (Å²) in [6, 6.07) is 3.58. The van der Waals surface area contributed by atoms with Gasteiger partial charge in [-0.15, -0.1) is 0 Å². The number of benzene rings is 1. The van der Waals surface area contributed by atoms with Gasteiger partial charge in [0, 0.05) is 15.5 Å². The molecule has 2 N–H and O–H groups in total. The molecule has 0 amide bonds. The number of Topliss-reactive ketones (excluding diaryl/α,β-unsaturated/α-hetero) is 1. The second kappa shape index (κ2) is 4.88. The SMILES string of the molecule is CC1(C(=O)c2cc3[nH]c(=O)[nH]c3cc2Br)CCCCC1. The quantitative estimate of drug-likeness (QED) is 0.819. The third-order valence-electron chi connectivity index (χ3n) is 4.35. The molecule has 106 valence electrons. The van der Waals surface area contributed by atoms with E-state index in [2.05, 4.69) is 32.8 Å². The Hall–Kier alpha value is -1.36. The number of halogens is 1. The lowest BCUT2D eigenvalue weighted by molar-refractivity contribution is 0.0749. The fourth-order valence-corrected chi connectivity index (χ4v) is 3.64. The van der Waals surface area contributed by atoms with E-state index in [1.807, 2.05) is 0 Å². The van der Waals surface area contributed by atoms with Crippen molar-refractivity contribution in [3.05, 3.63) is 32.7 Å². The number of carbonyl (C=O) groups is 1. The lowest BCUT2D eigenvalue weighted by Crippen LogP contribution is -2.30. The molecule has 0 spiro atoms. The molecule has 5 heteroatoms. The molecule has 0 unspecified atom stereocenters. The number of hydrogen-bond donors (Lipinski definition) is 2. The number of aromatic nitrogens is 2. The molecule has 0 aliphatic heterocycles. The summed E-state index contributed by atoms with van der Waals surface area (Å²) in [5.74, 6) is 0.174. The van der Waals surface area contributed by atoms with E-state index in [-0.39, 0.29) is 16.9 Å². The molecule has 1 heterocycles. The average molecular weight is 337 g/mol. The molecular formula is C15H17BrN2O2. The Morgan fingerprint density at radius 2 is 1.75 bits per heavy atom. The zero-order valence-corrected chi connectivity index (χ0v) is 13.0. The van der Waals surface area contributed by atoms with Crippen LogP contribution < -0.4 is 5.69 Å². The van der Waals surface area contributed by atoms with E-state index >= 15 is 0 Å². The van der Waals surface area contributed by atoms with Crippen LogP contribution in [-0.4, -0.2) is 15.8 Å². The van der Waals surface area contributed by atoms with Crippen LogP contribution in [0.15, 0.2) is 21.4 Å². The predicted octanol–water partition coefficient (Wildman–Crippen LogP) is 3.77. The molecule has 0 radical (unpaired) electrons. The lowest BCUT2D eigenvalue weighted by atomic mass is 9.71. The van der Waals surface area contributed by atoms with E-state index in [1.165, 1.54) is 6.42 Å². The van der Waals surface area contributed by atoms with Crippen molar-refractivity contribution in [1.82, 2.24) is 9.97 Å². The van der Waals surface area contributed by atoms with E-state index in [0.29, 0.717) is 16.6 Å². The molecule has 1 aromatic heterocycles. The van der Waals surface area contributed by atoms with Gasteiger partial charge in [-0.2, -0.15) is 0 Å². The molecule has 2 aromatic rings. The fourth-order valence-electron chi connectivity index (χ4n) is 3.11. The molecule has 1 aliphatic rings. The minimum absolute atomic E-state index is 0.174. The Morgan fingerprint density at radius 3 is 2.40 bits per heavy atom. The third-order valence-corrected chi connectivity index (χ3v) is 5.01. The summed E-state index contributed by atoms with van der Waals surface area (Å²) < 4.78 is 0.747. The number of rotatable bonds is 2. The number of ketones is 1. The minimum atomic E-state index is -0.273. The van der Waals surface area contributed by atoms with Crippen LogP contribution >= 0.6 is 15.9 Å². The van der Waals surface area contributed by atoms with E-state index < -0.39 is 0 Å². The van der Waals surface area contributed by atoms with Gasteiger partial charge in [0.2, 0.25) is 0 Å². The van der Waals surface area contributed by atoms with Crippen molar-refractivity contribution in [2.24, 2.45) is 5.41 Å². The third kappa shape index (κ3) is 2.24. The van der Waals surface area contributed by atoms with Gasteiger partial charge < -0.3 is 9.97 Å². The van der Waals surface area contributed by atoms with Crippen LogP contribution in [0.4, 0.5) is 0 Å². The van der Waals surface area contributed by atoms with Gasteiger partial charge in [0.1, 0.15) is 0 Å². The molecule has 1 aliphatic carbocycles. The van der Waals surface area contributed by atoms with Crippen molar-refractivity contribution in [3.8, 4) is 0 Å². The highest BCUT2D eigenvalue weighted by molar-refractivity contribution is 9.10. The van der Waals surface area contributed by atoms with Crippen LogP contribution in [0.3, 0.4) is 0 Å². The van der Waals surface area contributed by atoms with Crippen molar-refractivity contribution in [1.29, 1.82) is 0 Å². The summed E-state index contributed by atoms with van der Waals surface area (Å²) >= 11 is 3.46. The van der Waals surface area contributed by atoms with Gasteiger partial charge >= 0.3 is 5.69 Å². The molecule has 0 saturated heterocycles. The Bertz CT molecular complexity index is 723. The smallest absolute Gasteiger partial charge is 0.306 e. The van der Waals surface area contributed by atoms with E-state index in [4.69, 9.17) is 0 Å². The first-order chi connectivity index (χ1) is 9.49. The standard InChI is InChI=1S/C15H17BrN2O2/c1-15(5-3-2-4-6-15)13(19)9-7-11-12(8-10(9)16)18-14(20)17-11/h7-8H,2-6H2,1H3,(H2,17,18,20). The topological polar surface area (TPSA) is 65.7 Å². The van der Waals surface area contributed by atoms with Crippen LogP contribution in [0.25, 0.3) is 11.0 Å². The van der Waals surface area contributed by atoms with Gasteiger partial charge in [0.25, 0.3) is 0 Å². The van der Waals surface area contributed by atoms with Gasteiger partial charge in [-0.25, -0.2) is 4.79 Å². The number of carbonyl (C=O) groups excluding carboxylic acids is 1. The fraction of sp³-hybridized carbons (Fsp3) is 0.467. The monoisotopic (exact) mass is 336 g/mol. The molecule has 0 bridgehead atoms. The van der Waals surface area contributed by atoms with Crippen LogP contribution in [0.2, 0.25) is 0 Å².